The maximum absolute atomic E-state index is 12.6. The molecule has 1 spiro atoms. The Kier molecular flexibility index (Phi) is 6.94. The molecule has 0 bridgehead atoms. The molecule has 10 nitrogen and oxygen atoms in total. The molecule has 2 heterocycles. The highest BCUT2D eigenvalue weighted by molar-refractivity contribution is 7.16. The smallest absolute Gasteiger partial charge is 0.341 e. The van der Waals surface area contributed by atoms with E-state index in [-0.39, 0.29) is 12.2 Å². The van der Waals surface area contributed by atoms with Crippen molar-refractivity contribution < 1.29 is 33.4 Å². The van der Waals surface area contributed by atoms with Crippen molar-refractivity contribution in [3.05, 3.63) is 16.5 Å². The number of hydrogen-bond donors (Lipinski definition) is 2. The van der Waals surface area contributed by atoms with Crippen LogP contribution >= 0.6 is 11.3 Å². The fourth-order valence-corrected chi connectivity index (χ4v) is 4.69. The lowest BCUT2D eigenvalue weighted by molar-refractivity contribution is -0.150. The molecule has 2 fully saturated rings. The molecule has 1 aliphatic carbocycles. The van der Waals surface area contributed by atoms with Crippen LogP contribution in [0.5, 0.6) is 0 Å². The molecule has 1 aliphatic heterocycles. The second-order valence-corrected chi connectivity index (χ2v) is 8.49. The van der Waals surface area contributed by atoms with Gasteiger partial charge in [-0.3, -0.25) is 19.3 Å². The van der Waals surface area contributed by atoms with E-state index in [4.69, 9.17) is 9.47 Å². The van der Waals surface area contributed by atoms with Crippen molar-refractivity contribution in [1.29, 1.82) is 0 Å². The van der Waals surface area contributed by atoms with Gasteiger partial charge in [0, 0.05) is 4.88 Å². The average molecular weight is 452 g/mol. The van der Waals surface area contributed by atoms with Crippen molar-refractivity contribution in [2.75, 3.05) is 25.1 Å². The van der Waals surface area contributed by atoms with Crippen LogP contribution in [-0.4, -0.2) is 60.0 Å². The van der Waals surface area contributed by atoms with Gasteiger partial charge in [0.2, 0.25) is 0 Å². The van der Waals surface area contributed by atoms with Crippen molar-refractivity contribution in [2.45, 2.75) is 51.5 Å². The number of thiophene rings is 1. The van der Waals surface area contributed by atoms with E-state index in [1.54, 1.807) is 13.0 Å². The number of carbonyl (C=O) groups is 5. The summed E-state index contributed by atoms with van der Waals surface area (Å²) in [5, 5.41) is 5.54. The van der Waals surface area contributed by atoms with E-state index in [1.807, 2.05) is 6.92 Å². The predicted octanol–water partition coefficient (Wildman–Crippen LogP) is 1.83. The zero-order chi connectivity index (χ0) is 22.6. The number of anilines is 1. The first-order valence-corrected chi connectivity index (χ1v) is 11.0. The third-order valence-corrected chi connectivity index (χ3v) is 6.43. The Bertz CT molecular complexity index is 905. The Morgan fingerprint density at radius 1 is 1.19 bits per heavy atom. The van der Waals surface area contributed by atoms with Gasteiger partial charge in [-0.15, -0.1) is 11.3 Å². The fraction of sp³-hybridized carbons (Fsp3) is 0.550. The zero-order valence-corrected chi connectivity index (χ0v) is 18.3. The Labute approximate surface area is 183 Å². The summed E-state index contributed by atoms with van der Waals surface area (Å²) in [7, 11) is 0. The van der Waals surface area contributed by atoms with Crippen LogP contribution < -0.4 is 10.6 Å². The number of urea groups is 1. The minimum Gasteiger partial charge on any atom is -0.462 e. The van der Waals surface area contributed by atoms with Crippen molar-refractivity contribution >= 4 is 46.1 Å². The van der Waals surface area contributed by atoms with Crippen LogP contribution in [0, 0.1) is 0 Å². The number of esters is 2. The van der Waals surface area contributed by atoms with E-state index in [9.17, 15) is 24.0 Å². The number of nitrogens with zero attached hydrogens (tertiary/aromatic N) is 1. The molecule has 2 N–H and O–H groups in total. The summed E-state index contributed by atoms with van der Waals surface area (Å²) in [6, 6.07) is 1.03. The SMILES string of the molecule is CCOC(=O)c1cc(CC)sc1NC(=O)COC(=O)CN1C(=O)NC2(CCCC2)C1=O. The Morgan fingerprint density at radius 2 is 1.90 bits per heavy atom. The van der Waals surface area contributed by atoms with Gasteiger partial charge in [-0.2, -0.15) is 0 Å². The van der Waals surface area contributed by atoms with Gasteiger partial charge in [0.15, 0.2) is 6.61 Å². The summed E-state index contributed by atoms with van der Waals surface area (Å²) < 4.78 is 9.93. The van der Waals surface area contributed by atoms with Gasteiger partial charge >= 0.3 is 18.0 Å². The summed E-state index contributed by atoms with van der Waals surface area (Å²) in [6.45, 7) is 2.62. The molecule has 11 heteroatoms. The number of carbonyl (C=O) groups excluding carboxylic acids is 5. The zero-order valence-electron chi connectivity index (χ0n) is 17.4. The normalized spacial score (nSPS) is 17.0. The summed E-state index contributed by atoms with van der Waals surface area (Å²) in [6.07, 6.45) is 3.45. The van der Waals surface area contributed by atoms with E-state index in [2.05, 4.69) is 10.6 Å². The van der Waals surface area contributed by atoms with Crippen LogP contribution in [0.25, 0.3) is 0 Å². The Balaban J connectivity index is 1.54. The topological polar surface area (TPSA) is 131 Å². The number of rotatable bonds is 8. The monoisotopic (exact) mass is 451 g/mol. The molecule has 1 saturated carbocycles. The first kappa shape index (κ1) is 22.7. The molecule has 0 atom stereocenters. The highest BCUT2D eigenvalue weighted by Gasteiger charge is 2.52. The molecular weight excluding hydrogens is 426 g/mol. The van der Waals surface area contributed by atoms with E-state index in [1.165, 1.54) is 11.3 Å². The molecule has 1 saturated heterocycles. The lowest BCUT2D eigenvalue weighted by Crippen LogP contribution is -2.44. The molecule has 1 aromatic heterocycles. The third-order valence-electron chi connectivity index (χ3n) is 5.23. The molecular formula is C20H25N3O7S. The Morgan fingerprint density at radius 3 is 2.55 bits per heavy atom. The van der Waals surface area contributed by atoms with E-state index >= 15 is 0 Å². The van der Waals surface area contributed by atoms with Crippen molar-refractivity contribution in [2.24, 2.45) is 0 Å². The van der Waals surface area contributed by atoms with E-state index in [0.717, 1.165) is 22.6 Å². The lowest BCUT2D eigenvalue weighted by Gasteiger charge is -2.19. The van der Waals surface area contributed by atoms with Gasteiger partial charge in [-0.1, -0.05) is 19.8 Å². The third kappa shape index (κ3) is 4.87. The van der Waals surface area contributed by atoms with Crippen LogP contribution in [0.3, 0.4) is 0 Å². The number of amides is 4. The van der Waals surface area contributed by atoms with Crippen molar-refractivity contribution in [3.8, 4) is 0 Å². The predicted molar refractivity (Wildman–Crippen MR) is 111 cm³/mol. The van der Waals surface area contributed by atoms with Crippen molar-refractivity contribution in [3.63, 3.8) is 0 Å². The minimum atomic E-state index is -0.908. The second kappa shape index (κ2) is 9.46. The second-order valence-electron chi connectivity index (χ2n) is 7.35. The fourth-order valence-electron chi connectivity index (χ4n) is 3.69. The van der Waals surface area contributed by atoms with Crippen LogP contribution in [0.2, 0.25) is 0 Å². The number of imide groups is 1. The Hall–Kier alpha value is -2.95. The molecule has 1 aromatic rings. The average Bonchev–Trinajstić information content (AvgIpc) is 3.42. The number of hydrogen-bond acceptors (Lipinski definition) is 8. The van der Waals surface area contributed by atoms with Crippen LogP contribution in [-0.2, 0) is 30.3 Å². The van der Waals surface area contributed by atoms with Crippen molar-refractivity contribution in [1.82, 2.24) is 10.2 Å². The highest BCUT2D eigenvalue weighted by Crippen LogP contribution is 2.35. The molecule has 2 aliphatic rings. The lowest BCUT2D eigenvalue weighted by atomic mass is 9.98. The number of aryl methyl sites for hydroxylation is 1. The van der Waals surface area contributed by atoms with Gasteiger partial charge in [-0.25, -0.2) is 9.59 Å². The van der Waals surface area contributed by atoms with Crippen LogP contribution in [0.1, 0.15) is 54.8 Å². The van der Waals surface area contributed by atoms with E-state index in [0.29, 0.717) is 24.3 Å². The quantitative estimate of drug-likeness (QED) is 0.455. The molecule has 168 valence electrons. The molecule has 0 radical (unpaired) electrons. The molecule has 3 rings (SSSR count). The standard InChI is InChI=1S/C20H25N3O7S/c1-3-12-9-13(17(26)29-4-2)16(31-12)21-14(24)11-30-15(25)10-23-18(27)20(22-19(23)28)7-5-6-8-20/h9H,3-8,10-11H2,1-2H3,(H,21,24)(H,22,28). The van der Waals surface area contributed by atoms with Gasteiger partial charge in [-0.05, 0) is 32.3 Å². The van der Waals surface area contributed by atoms with Gasteiger partial charge in [0.05, 0.1) is 12.2 Å². The van der Waals surface area contributed by atoms with E-state index < -0.39 is 48.5 Å². The first-order chi connectivity index (χ1) is 14.8. The van der Waals surface area contributed by atoms with Gasteiger partial charge in [0.1, 0.15) is 17.1 Å². The maximum Gasteiger partial charge on any atom is 0.341 e. The van der Waals surface area contributed by atoms with Crippen LogP contribution in [0.15, 0.2) is 6.07 Å². The molecule has 0 unspecified atom stereocenters. The minimum absolute atomic E-state index is 0.200. The molecule has 4 amide bonds. The first-order valence-electron chi connectivity index (χ1n) is 10.2. The van der Waals surface area contributed by atoms with Gasteiger partial charge < -0.3 is 20.1 Å². The number of ether oxygens (including phenoxy) is 2. The summed E-state index contributed by atoms with van der Waals surface area (Å²) in [5.74, 6) is -2.50. The maximum atomic E-state index is 12.6. The molecule has 31 heavy (non-hydrogen) atoms. The summed E-state index contributed by atoms with van der Waals surface area (Å²) >= 11 is 1.23. The largest absolute Gasteiger partial charge is 0.462 e. The summed E-state index contributed by atoms with van der Waals surface area (Å²) in [4.78, 5) is 62.8. The van der Waals surface area contributed by atoms with Crippen LogP contribution in [0.4, 0.5) is 9.80 Å². The molecule has 0 aromatic carbocycles. The summed E-state index contributed by atoms with van der Waals surface area (Å²) in [5.41, 5.74) is -0.668. The highest BCUT2D eigenvalue weighted by atomic mass is 32.1. The number of nitrogens with one attached hydrogen (secondary N) is 2. The van der Waals surface area contributed by atoms with Gasteiger partial charge in [0.25, 0.3) is 11.8 Å².